The predicted octanol–water partition coefficient (Wildman–Crippen LogP) is 5.89. The Kier molecular flexibility index (Phi) is 8.26. The third-order valence-corrected chi connectivity index (χ3v) is 4.88. The minimum absolute atomic E-state index is 0.0287. The van der Waals surface area contributed by atoms with Gasteiger partial charge >= 0.3 is 0 Å². The molecule has 1 heterocycles. The summed E-state index contributed by atoms with van der Waals surface area (Å²) in [5, 5.41) is 5.45. The van der Waals surface area contributed by atoms with Gasteiger partial charge in [-0.25, -0.2) is 4.98 Å². The Balaban J connectivity index is 1.89. The molecule has 0 spiro atoms. The highest BCUT2D eigenvalue weighted by Crippen LogP contribution is 2.25. The minimum Gasteiger partial charge on any atom is -0.302 e. The molecule has 24 heavy (non-hydrogen) atoms. The van der Waals surface area contributed by atoms with E-state index in [-0.39, 0.29) is 5.91 Å². The van der Waals surface area contributed by atoms with Crippen molar-refractivity contribution in [2.24, 2.45) is 0 Å². The van der Waals surface area contributed by atoms with Crippen LogP contribution in [-0.2, 0) is 11.2 Å². The van der Waals surface area contributed by atoms with Crippen molar-refractivity contribution >= 4 is 34.0 Å². The number of hydrogen-bond acceptors (Lipinski definition) is 3. The average molecular weight is 365 g/mol. The molecule has 1 aromatic carbocycles. The molecular weight excluding hydrogens is 340 g/mol. The number of rotatable bonds is 10. The molecule has 5 heteroatoms. The summed E-state index contributed by atoms with van der Waals surface area (Å²) in [6, 6.07) is 8.59. The van der Waals surface area contributed by atoms with Crippen LogP contribution < -0.4 is 5.32 Å². The highest BCUT2D eigenvalue weighted by atomic mass is 35.5. The lowest BCUT2D eigenvalue weighted by Gasteiger charge is -2.03. The number of aromatic nitrogens is 1. The molecule has 0 fully saturated rings. The van der Waals surface area contributed by atoms with Crippen molar-refractivity contribution in [3.05, 3.63) is 35.2 Å². The van der Waals surface area contributed by atoms with E-state index < -0.39 is 0 Å². The Bertz CT molecular complexity index is 625. The highest BCUT2D eigenvalue weighted by Gasteiger charge is 2.08. The van der Waals surface area contributed by atoms with Crippen LogP contribution in [0.4, 0.5) is 5.13 Å². The van der Waals surface area contributed by atoms with Crippen molar-refractivity contribution in [1.82, 2.24) is 4.98 Å². The maximum absolute atomic E-state index is 11.7. The quantitative estimate of drug-likeness (QED) is 0.421. The van der Waals surface area contributed by atoms with E-state index in [4.69, 9.17) is 11.6 Å². The zero-order valence-corrected chi connectivity index (χ0v) is 15.8. The second-order valence-corrected chi connectivity index (χ2v) is 7.12. The van der Waals surface area contributed by atoms with Gasteiger partial charge in [-0.3, -0.25) is 4.79 Å². The molecule has 0 saturated heterocycles. The van der Waals surface area contributed by atoms with Gasteiger partial charge in [-0.05, 0) is 24.8 Å². The standard InChI is InChI=1S/C19H25ClN2OS/c1-2-3-4-5-7-15-9-11-16(12-10-15)17-14-24-19(21-17)22-18(23)8-6-13-20/h9-12,14H,2-8,13H2,1H3,(H,21,22,23). The molecule has 0 atom stereocenters. The van der Waals surface area contributed by atoms with Crippen LogP contribution in [0.1, 0.15) is 51.0 Å². The number of carbonyl (C=O) groups excluding carboxylic acids is 1. The van der Waals surface area contributed by atoms with Crippen LogP contribution in [0.5, 0.6) is 0 Å². The molecule has 0 saturated carbocycles. The van der Waals surface area contributed by atoms with Crippen LogP contribution in [-0.4, -0.2) is 16.8 Å². The molecule has 0 aliphatic heterocycles. The predicted molar refractivity (Wildman–Crippen MR) is 104 cm³/mol. The number of anilines is 1. The Morgan fingerprint density at radius 2 is 1.96 bits per heavy atom. The summed E-state index contributed by atoms with van der Waals surface area (Å²) in [5.41, 5.74) is 3.37. The first kappa shape index (κ1) is 18.9. The SMILES string of the molecule is CCCCCCc1ccc(-c2csc(NC(=O)CCCCl)n2)cc1. The Hall–Kier alpha value is -1.39. The van der Waals surface area contributed by atoms with Crippen molar-refractivity contribution in [1.29, 1.82) is 0 Å². The minimum atomic E-state index is -0.0287. The van der Waals surface area contributed by atoms with Crippen molar-refractivity contribution < 1.29 is 4.79 Å². The van der Waals surface area contributed by atoms with E-state index >= 15 is 0 Å². The summed E-state index contributed by atoms with van der Waals surface area (Å²) in [6.45, 7) is 2.23. The van der Waals surface area contributed by atoms with Crippen LogP contribution in [0.2, 0.25) is 0 Å². The lowest BCUT2D eigenvalue weighted by atomic mass is 10.0. The number of benzene rings is 1. The van der Waals surface area contributed by atoms with Crippen LogP contribution in [0.3, 0.4) is 0 Å². The highest BCUT2D eigenvalue weighted by molar-refractivity contribution is 7.14. The number of nitrogens with zero attached hydrogens (tertiary/aromatic N) is 1. The van der Waals surface area contributed by atoms with Gasteiger partial charge in [0.05, 0.1) is 5.69 Å². The Labute approximate surface area is 153 Å². The maximum Gasteiger partial charge on any atom is 0.226 e. The molecule has 1 aromatic heterocycles. The monoisotopic (exact) mass is 364 g/mol. The fraction of sp³-hybridized carbons (Fsp3) is 0.474. The van der Waals surface area contributed by atoms with E-state index in [1.807, 2.05) is 5.38 Å². The van der Waals surface area contributed by atoms with Gasteiger partial charge in [0, 0.05) is 23.2 Å². The van der Waals surface area contributed by atoms with E-state index in [1.165, 1.54) is 42.6 Å². The molecular formula is C19H25ClN2OS. The zero-order valence-electron chi connectivity index (χ0n) is 14.2. The Morgan fingerprint density at radius 1 is 1.17 bits per heavy atom. The summed E-state index contributed by atoms with van der Waals surface area (Å²) in [4.78, 5) is 16.2. The number of aryl methyl sites for hydroxylation is 1. The summed E-state index contributed by atoms with van der Waals surface area (Å²) < 4.78 is 0. The largest absolute Gasteiger partial charge is 0.302 e. The van der Waals surface area contributed by atoms with Crippen molar-refractivity contribution in [3.8, 4) is 11.3 Å². The van der Waals surface area contributed by atoms with Crippen molar-refractivity contribution in [3.63, 3.8) is 0 Å². The zero-order chi connectivity index (χ0) is 17.2. The second-order valence-electron chi connectivity index (χ2n) is 5.89. The third kappa shape index (κ3) is 6.25. The number of unbranched alkanes of at least 4 members (excludes halogenated alkanes) is 3. The lowest BCUT2D eigenvalue weighted by Crippen LogP contribution is -2.10. The third-order valence-electron chi connectivity index (χ3n) is 3.86. The van der Waals surface area contributed by atoms with Crippen LogP contribution in [0.15, 0.2) is 29.6 Å². The van der Waals surface area contributed by atoms with Gasteiger partial charge < -0.3 is 5.32 Å². The molecule has 1 amide bonds. The van der Waals surface area contributed by atoms with Crippen molar-refractivity contribution in [2.75, 3.05) is 11.2 Å². The van der Waals surface area contributed by atoms with E-state index in [2.05, 4.69) is 41.5 Å². The Morgan fingerprint density at radius 3 is 2.67 bits per heavy atom. The first-order valence-electron chi connectivity index (χ1n) is 8.63. The van der Waals surface area contributed by atoms with Gasteiger partial charge in [-0.15, -0.1) is 22.9 Å². The van der Waals surface area contributed by atoms with E-state index in [9.17, 15) is 4.79 Å². The molecule has 0 unspecified atom stereocenters. The number of halogens is 1. The number of alkyl halides is 1. The second kappa shape index (κ2) is 10.5. The van der Waals surface area contributed by atoms with Gasteiger partial charge in [-0.2, -0.15) is 0 Å². The maximum atomic E-state index is 11.7. The van der Waals surface area contributed by atoms with E-state index in [0.29, 0.717) is 23.9 Å². The number of carbonyl (C=O) groups is 1. The summed E-state index contributed by atoms with van der Waals surface area (Å²) >= 11 is 7.05. The molecule has 0 radical (unpaired) electrons. The van der Waals surface area contributed by atoms with Crippen LogP contribution >= 0.6 is 22.9 Å². The first-order chi connectivity index (χ1) is 11.7. The van der Waals surface area contributed by atoms with Crippen LogP contribution in [0, 0.1) is 0 Å². The molecule has 2 aromatic rings. The fourth-order valence-electron chi connectivity index (χ4n) is 2.47. The average Bonchev–Trinajstić information content (AvgIpc) is 3.06. The number of thiazole rings is 1. The number of hydrogen-bond donors (Lipinski definition) is 1. The molecule has 130 valence electrons. The van der Waals surface area contributed by atoms with Crippen molar-refractivity contribution in [2.45, 2.75) is 51.9 Å². The topological polar surface area (TPSA) is 42.0 Å². The van der Waals surface area contributed by atoms with E-state index in [0.717, 1.165) is 17.7 Å². The fourth-order valence-corrected chi connectivity index (χ4v) is 3.34. The summed E-state index contributed by atoms with van der Waals surface area (Å²) in [7, 11) is 0. The molecule has 0 aliphatic carbocycles. The van der Waals surface area contributed by atoms with Crippen LogP contribution in [0.25, 0.3) is 11.3 Å². The first-order valence-corrected chi connectivity index (χ1v) is 10.0. The van der Waals surface area contributed by atoms with Gasteiger partial charge in [0.2, 0.25) is 5.91 Å². The summed E-state index contributed by atoms with van der Waals surface area (Å²) in [6.07, 6.45) is 7.40. The smallest absolute Gasteiger partial charge is 0.226 e. The number of nitrogens with one attached hydrogen (secondary N) is 1. The van der Waals surface area contributed by atoms with Gasteiger partial charge in [0.15, 0.2) is 5.13 Å². The molecule has 3 nitrogen and oxygen atoms in total. The van der Waals surface area contributed by atoms with Gasteiger partial charge in [0.1, 0.15) is 0 Å². The molecule has 0 aliphatic rings. The van der Waals surface area contributed by atoms with Gasteiger partial charge in [0.25, 0.3) is 0 Å². The van der Waals surface area contributed by atoms with Gasteiger partial charge in [-0.1, -0.05) is 50.5 Å². The summed E-state index contributed by atoms with van der Waals surface area (Å²) in [5.74, 6) is 0.473. The molecule has 0 bridgehead atoms. The molecule has 1 N–H and O–H groups in total. The molecule has 2 rings (SSSR count). The number of amides is 1. The lowest BCUT2D eigenvalue weighted by molar-refractivity contribution is -0.116. The normalized spacial score (nSPS) is 10.8. The van der Waals surface area contributed by atoms with E-state index in [1.54, 1.807) is 0 Å².